The number of aromatic nitrogens is 2. The van der Waals surface area contributed by atoms with E-state index in [1.807, 2.05) is 18.5 Å². The minimum Gasteiger partial charge on any atom is -0.356 e. The summed E-state index contributed by atoms with van der Waals surface area (Å²) in [7, 11) is 1.79. The Morgan fingerprint density at radius 3 is 2.52 bits per heavy atom. The van der Waals surface area contributed by atoms with Crippen LogP contribution in [-0.4, -0.2) is 29.1 Å². The number of hydrogen-bond donors (Lipinski definition) is 2. The van der Waals surface area contributed by atoms with Gasteiger partial charge in [0.2, 0.25) is 0 Å². The SMILES string of the molecule is CN=C(NCCc1nccn1Cc1ccccc1)NCc1ccc(C)cc1. The first-order valence-corrected chi connectivity index (χ1v) is 9.28. The largest absolute Gasteiger partial charge is 0.356 e. The summed E-state index contributed by atoms with van der Waals surface area (Å²) >= 11 is 0. The summed E-state index contributed by atoms with van der Waals surface area (Å²) < 4.78 is 2.19. The third-order valence-corrected chi connectivity index (χ3v) is 4.44. The molecule has 0 atom stereocenters. The van der Waals surface area contributed by atoms with E-state index in [-0.39, 0.29) is 0 Å². The number of aliphatic imine (C=N–C) groups is 1. The summed E-state index contributed by atoms with van der Waals surface area (Å²) in [5, 5.41) is 6.72. The maximum Gasteiger partial charge on any atom is 0.191 e. The Hall–Kier alpha value is -3.08. The number of guanidine groups is 1. The molecule has 3 rings (SSSR count). The smallest absolute Gasteiger partial charge is 0.191 e. The van der Waals surface area contributed by atoms with Crippen LogP contribution in [0, 0.1) is 6.92 Å². The van der Waals surface area contributed by atoms with Crippen LogP contribution in [0.15, 0.2) is 72.0 Å². The van der Waals surface area contributed by atoms with Crippen LogP contribution in [-0.2, 0) is 19.5 Å². The maximum absolute atomic E-state index is 4.50. The van der Waals surface area contributed by atoms with Crippen LogP contribution >= 0.6 is 0 Å². The van der Waals surface area contributed by atoms with Crippen molar-refractivity contribution in [1.29, 1.82) is 0 Å². The zero-order valence-corrected chi connectivity index (χ0v) is 16.0. The first-order valence-electron chi connectivity index (χ1n) is 9.28. The minimum absolute atomic E-state index is 0.753. The first-order chi connectivity index (χ1) is 13.2. The first kappa shape index (κ1) is 18.7. The Labute approximate surface area is 161 Å². The predicted octanol–water partition coefficient (Wildman–Crippen LogP) is 3.15. The highest BCUT2D eigenvalue weighted by molar-refractivity contribution is 5.79. The lowest BCUT2D eigenvalue weighted by Crippen LogP contribution is -2.38. The van der Waals surface area contributed by atoms with Gasteiger partial charge in [0.25, 0.3) is 0 Å². The van der Waals surface area contributed by atoms with Crippen LogP contribution in [0.1, 0.15) is 22.5 Å². The van der Waals surface area contributed by atoms with Crippen LogP contribution in [0.4, 0.5) is 0 Å². The molecule has 5 nitrogen and oxygen atoms in total. The molecule has 2 aromatic carbocycles. The number of rotatable bonds is 7. The van der Waals surface area contributed by atoms with Gasteiger partial charge in [-0.3, -0.25) is 4.99 Å². The Balaban J connectivity index is 1.47. The highest BCUT2D eigenvalue weighted by atomic mass is 15.2. The van der Waals surface area contributed by atoms with Gasteiger partial charge in [-0.1, -0.05) is 60.2 Å². The van der Waals surface area contributed by atoms with Gasteiger partial charge in [0, 0.05) is 45.5 Å². The van der Waals surface area contributed by atoms with Crippen LogP contribution in [0.25, 0.3) is 0 Å². The molecule has 5 heteroatoms. The van der Waals surface area contributed by atoms with Crippen LogP contribution in [0.5, 0.6) is 0 Å². The van der Waals surface area contributed by atoms with E-state index in [0.29, 0.717) is 0 Å². The minimum atomic E-state index is 0.753. The Bertz CT molecular complexity index is 850. The lowest BCUT2D eigenvalue weighted by atomic mass is 10.1. The maximum atomic E-state index is 4.50. The quantitative estimate of drug-likeness (QED) is 0.502. The Morgan fingerprint density at radius 2 is 1.78 bits per heavy atom. The molecule has 0 spiro atoms. The number of nitrogens with zero attached hydrogens (tertiary/aromatic N) is 3. The highest BCUT2D eigenvalue weighted by Crippen LogP contribution is 2.06. The summed E-state index contributed by atoms with van der Waals surface area (Å²) in [6.07, 6.45) is 4.74. The van der Waals surface area contributed by atoms with Gasteiger partial charge < -0.3 is 15.2 Å². The molecule has 2 N–H and O–H groups in total. The molecule has 0 unspecified atom stereocenters. The van der Waals surface area contributed by atoms with E-state index in [1.165, 1.54) is 16.7 Å². The van der Waals surface area contributed by atoms with Crippen molar-refractivity contribution >= 4 is 5.96 Å². The van der Waals surface area contributed by atoms with Crippen molar-refractivity contribution in [3.8, 4) is 0 Å². The molecular weight excluding hydrogens is 334 g/mol. The standard InChI is InChI=1S/C22H27N5/c1-18-8-10-19(11-9-18)16-26-22(23-2)25-13-12-21-24-14-15-27(21)17-20-6-4-3-5-7-20/h3-11,14-15H,12-13,16-17H2,1-2H3,(H2,23,25,26). The number of nitrogens with one attached hydrogen (secondary N) is 2. The van der Waals surface area contributed by atoms with E-state index in [9.17, 15) is 0 Å². The van der Waals surface area contributed by atoms with E-state index in [2.05, 4.69) is 80.6 Å². The molecule has 0 bridgehead atoms. The van der Waals surface area contributed by atoms with Crippen molar-refractivity contribution in [1.82, 2.24) is 20.2 Å². The molecule has 1 aromatic heterocycles. The van der Waals surface area contributed by atoms with E-state index in [4.69, 9.17) is 0 Å². The van der Waals surface area contributed by atoms with Crippen molar-refractivity contribution in [2.24, 2.45) is 4.99 Å². The molecule has 0 aliphatic heterocycles. The normalized spacial score (nSPS) is 11.4. The molecule has 0 radical (unpaired) electrons. The van der Waals surface area contributed by atoms with E-state index >= 15 is 0 Å². The van der Waals surface area contributed by atoms with Crippen LogP contribution in [0.2, 0.25) is 0 Å². The molecule has 0 aliphatic rings. The zero-order chi connectivity index (χ0) is 18.9. The molecule has 0 fully saturated rings. The van der Waals surface area contributed by atoms with Gasteiger partial charge in [-0.15, -0.1) is 0 Å². The molecule has 1 heterocycles. The molecule has 0 amide bonds. The van der Waals surface area contributed by atoms with Crippen LogP contribution < -0.4 is 10.6 Å². The fraction of sp³-hybridized carbons (Fsp3) is 0.273. The van der Waals surface area contributed by atoms with Gasteiger partial charge in [-0.05, 0) is 18.1 Å². The third-order valence-electron chi connectivity index (χ3n) is 4.44. The number of imidazole rings is 1. The Kier molecular flexibility index (Phi) is 6.63. The van der Waals surface area contributed by atoms with Gasteiger partial charge in [-0.25, -0.2) is 4.98 Å². The fourth-order valence-electron chi connectivity index (χ4n) is 2.90. The summed E-state index contributed by atoms with van der Waals surface area (Å²) in [5.41, 5.74) is 3.79. The molecule has 27 heavy (non-hydrogen) atoms. The molecule has 140 valence electrons. The summed E-state index contributed by atoms with van der Waals surface area (Å²) in [6, 6.07) is 19.0. The van der Waals surface area contributed by atoms with E-state index < -0.39 is 0 Å². The van der Waals surface area contributed by atoms with Gasteiger partial charge in [0.05, 0.1) is 0 Å². The number of benzene rings is 2. The number of hydrogen-bond acceptors (Lipinski definition) is 2. The molecule has 0 saturated carbocycles. The van der Waals surface area contributed by atoms with Gasteiger partial charge in [0.15, 0.2) is 5.96 Å². The van der Waals surface area contributed by atoms with Crippen molar-refractivity contribution in [3.63, 3.8) is 0 Å². The van der Waals surface area contributed by atoms with E-state index in [0.717, 1.165) is 37.8 Å². The van der Waals surface area contributed by atoms with Gasteiger partial charge >= 0.3 is 0 Å². The number of aryl methyl sites for hydroxylation is 1. The molecule has 0 saturated heterocycles. The Morgan fingerprint density at radius 1 is 1.00 bits per heavy atom. The van der Waals surface area contributed by atoms with Crippen molar-refractivity contribution < 1.29 is 0 Å². The molecule has 0 aliphatic carbocycles. The third kappa shape index (κ3) is 5.71. The highest BCUT2D eigenvalue weighted by Gasteiger charge is 2.05. The molecular formula is C22H27N5. The van der Waals surface area contributed by atoms with E-state index in [1.54, 1.807) is 7.05 Å². The average Bonchev–Trinajstić information content (AvgIpc) is 3.13. The van der Waals surface area contributed by atoms with Gasteiger partial charge in [-0.2, -0.15) is 0 Å². The average molecular weight is 361 g/mol. The summed E-state index contributed by atoms with van der Waals surface area (Å²) in [4.78, 5) is 8.80. The zero-order valence-electron chi connectivity index (χ0n) is 16.0. The summed E-state index contributed by atoms with van der Waals surface area (Å²) in [6.45, 7) is 4.47. The lowest BCUT2D eigenvalue weighted by Gasteiger charge is -2.13. The topological polar surface area (TPSA) is 54.2 Å². The predicted molar refractivity (Wildman–Crippen MR) is 111 cm³/mol. The summed E-state index contributed by atoms with van der Waals surface area (Å²) in [5.74, 6) is 1.87. The molecule has 3 aromatic rings. The van der Waals surface area contributed by atoms with Crippen molar-refractivity contribution in [2.45, 2.75) is 26.4 Å². The van der Waals surface area contributed by atoms with Crippen molar-refractivity contribution in [2.75, 3.05) is 13.6 Å². The monoisotopic (exact) mass is 361 g/mol. The van der Waals surface area contributed by atoms with Crippen molar-refractivity contribution in [3.05, 3.63) is 89.5 Å². The van der Waals surface area contributed by atoms with Gasteiger partial charge in [0.1, 0.15) is 5.82 Å². The fourth-order valence-corrected chi connectivity index (χ4v) is 2.90. The van der Waals surface area contributed by atoms with Crippen LogP contribution in [0.3, 0.4) is 0 Å². The second-order valence-corrected chi connectivity index (χ2v) is 6.55. The second-order valence-electron chi connectivity index (χ2n) is 6.55. The lowest BCUT2D eigenvalue weighted by molar-refractivity contribution is 0.694. The second kappa shape index (κ2) is 9.57.